The number of likely N-dealkylation sites (tertiary alicyclic amines) is 1. The van der Waals surface area contributed by atoms with Crippen LogP contribution in [0, 0.1) is 29.1 Å². The second-order valence-corrected chi connectivity index (χ2v) is 18.3. The number of carbonyl (C=O) groups excluding carboxylic acids is 3. The van der Waals surface area contributed by atoms with Gasteiger partial charge in [-0.25, -0.2) is 4.79 Å². The molecule has 0 N–H and O–H groups in total. The van der Waals surface area contributed by atoms with Gasteiger partial charge in [0.15, 0.2) is 6.29 Å². The third-order valence-electron chi connectivity index (χ3n) is 13.0. The van der Waals surface area contributed by atoms with Gasteiger partial charge in [-0.1, -0.05) is 45.1 Å². The number of hydrogen-bond acceptors (Lipinski definition) is 10. The van der Waals surface area contributed by atoms with Crippen LogP contribution in [0.15, 0.2) is 42.5 Å². The summed E-state index contributed by atoms with van der Waals surface area (Å²) in [7, 11) is 0. The van der Waals surface area contributed by atoms with Crippen LogP contribution in [0.25, 0.3) is 0 Å². The Morgan fingerprint density at radius 2 is 1.27 bits per heavy atom. The maximum atomic E-state index is 13.3. The van der Waals surface area contributed by atoms with Crippen molar-refractivity contribution in [3.05, 3.63) is 59.2 Å². The molecule has 1 aromatic rings. The highest BCUT2D eigenvalue weighted by molar-refractivity contribution is 5.70. The molecule has 1 aliphatic heterocycles. The zero-order valence-electron chi connectivity index (χ0n) is 37.3. The summed E-state index contributed by atoms with van der Waals surface area (Å²) in [6.07, 6.45) is 26.3. The molecule has 4 bridgehead atoms. The summed E-state index contributed by atoms with van der Waals surface area (Å²) in [5, 5.41) is 0. The predicted molar refractivity (Wildman–Crippen MR) is 234 cm³/mol. The number of nitrogens with zero attached hydrogens (tertiary/aromatic N) is 1. The molecule has 5 fully saturated rings. The van der Waals surface area contributed by atoms with E-state index >= 15 is 0 Å². The Hall–Kier alpha value is -3.21. The first kappa shape index (κ1) is 47.8. The number of carbonyl (C=O) groups is 3. The fraction of sp³-hybridized carbons (Fsp3) is 0.740. The first-order chi connectivity index (χ1) is 29.2. The van der Waals surface area contributed by atoms with Crippen LogP contribution in [0.5, 0.6) is 0 Å². The lowest BCUT2D eigenvalue weighted by molar-refractivity contribution is -0.160. The minimum atomic E-state index is -0.704. The molecule has 1 heterocycles. The number of unbranched alkanes of at least 4 members (excludes halogenated alkanes) is 4. The van der Waals surface area contributed by atoms with E-state index in [2.05, 4.69) is 50.0 Å². The van der Waals surface area contributed by atoms with Crippen molar-refractivity contribution < 1.29 is 42.8 Å². The van der Waals surface area contributed by atoms with Crippen LogP contribution in [0.2, 0.25) is 0 Å². The minimum absolute atomic E-state index is 0.0132. The van der Waals surface area contributed by atoms with Crippen LogP contribution in [0.4, 0.5) is 4.79 Å². The largest absolute Gasteiger partial charge is 0.508 e. The van der Waals surface area contributed by atoms with Gasteiger partial charge in [-0.05, 0) is 174 Å². The first-order valence-electron chi connectivity index (χ1n) is 23.7. The van der Waals surface area contributed by atoms with Gasteiger partial charge in [0.2, 0.25) is 0 Å². The highest BCUT2D eigenvalue weighted by Crippen LogP contribution is 2.61. The lowest BCUT2D eigenvalue weighted by atomic mass is 9.49. The zero-order chi connectivity index (χ0) is 42.4. The zero-order valence-corrected chi connectivity index (χ0v) is 37.3. The van der Waals surface area contributed by atoms with E-state index in [4.69, 9.17) is 28.4 Å². The van der Waals surface area contributed by atoms with E-state index in [1.165, 1.54) is 19.3 Å². The van der Waals surface area contributed by atoms with Gasteiger partial charge in [0, 0.05) is 32.1 Å². The number of rotatable bonds is 28. The molecule has 6 rings (SSSR count). The lowest BCUT2D eigenvalue weighted by Gasteiger charge is -2.56. The topological polar surface area (TPSA) is 110 Å². The second kappa shape index (κ2) is 26.3. The minimum Gasteiger partial charge on any atom is -0.461 e. The standard InChI is InChI=1S/C50H77NO9/c1-4-7-9-11-13-15-22-55-48(56-23-16-14-12-10-8-5-2)20-19-46(52)57-36-43-27-44(37-58-47(53)33-50-30-40-24-41(31-50)26-42(25-40)32-50)29-45(28-43)38-60-49(54)59-35-39-18-17-21-51(6-3)34-39/h7-10,27-29,39-42,48H,4-6,11-26,30-38H2,1-3H3/b9-7-,10-8-. The number of allylic oxidation sites excluding steroid dienone is 4. The molecule has 4 saturated carbocycles. The first-order valence-corrected chi connectivity index (χ1v) is 23.7. The molecule has 336 valence electrons. The Morgan fingerprint density at radius 1 is 0.717 bits per heavy atom. The SMILES string of the molecule is CC/C=C\CCCCOC(CCC(=O)OCc1cc(COC(=O)CC23CC4CC(CC(C4)C2)C3)cc(COC(=O)OCC2CCCN(CC)C2)c1)OCCCC/C=C\CC. The van der Waals surface area contributed by atoms with Gasteiger partial charge in [0.25, 0.3) is 0 Å². The Kier molecular flexibility index (Phi) is 21.0. The Balaban J connectivity index is 1.13. The van der Waals surface area contributed by atoms with Crippen LogP contribution >= 0.6 is 0 Å². The third kappa shape index (κ3) is 17.3. The van der Waals surface area contributed by atoms with Crippen LogP contribution in [-0.2, 0) is 57.8 Å². The maximum absolute atomic E-state index is 13.3. The highest BCUT2D eigenvalue weighted by atomic mass is 16.7. The molecular formula is C50H77NO9. The van der Waals surface area contributed by atoms with E-state index < -0.39 is 12.4 Å². The van der Waals surface area contributed by atoms with Crippen molar-refractivity contribution in [3.63, 3.8) is 0 Å². The fourth-order valence-electron chi connectivity index (χ4n) is 10.5. The van der Waals surface area contributed by atoms with Gasteiger partial charge >= 0.3 is 18.1 Å². The highest BCUT2D eigenvalue weighted by Gasteiger charge is 2.51. The predicted octanol–water partition coefficient (Wildman–Crippen LogP) is 11.2. The van der Waals surface area contributed by atoms with Crippen LogP contribution in [0.1, 0.15) is 159 Å². The molecule has 0 aromatic heterocycles. The Morgan fingerprint density at radius 3 is 1.82 bits per heavy atom. The van der Waals surface area contributed by atoms with E-state index in [0.29, 0.717) is 44.1 Å². The maximum Gasteiger partial charge on any atom is 0.508 e. The van der Waals surface area contributed by atoms with Gasteiger partial charge in [-0.3, -0.25) is 9.59 Å². The molecule has 0 spiro atoms. The molecule has 4 aliphatic carbocycles. The normalized spacial score (nSPS) is 23.8. The average Bonchev–Trinajstić information content (AvgIpc) is 3.23. The summed E-state index contributed by atoms with van der Waals surface area (Å²) in [5.41, 5.74) is 2.29. The summed E-state index contributed by atoms with van der Waals surface area (Å²) < 4.78 is 35.0. The fourth-order valence-corrected chi connectivity index (χ4v) is 10.5. The van der Waals surface area contributed by atoms with Crippen molar-refractivity contribution >= 4 is 18.1 Å². The second-order valence-electron chi connectivity index (χ2n) is 18.3. The van der Waals surface area contributed by atoms with E-state index in [0.717, 1.165) is 132 Å². The molecule has 60 heavy (non-hydrogen) atoms. The molecule has 0 radical (unpaired) electrons. The summed E-state index contributed by atoms with van der Waals surface area (Å²) >= 11 is 0. The summed E-state index contributed by atoms with van der Waals surface area (Å²) in [6.45, 7) is 11.0. The molecule has 10 heteroatoms. The van der Waals surface area contributed by atoms with Crippen LogP contribution < -0.4 is 0 Å². The molecule has 1 unspecified atom stereocenters. The number of benzene rings is 1. The molecule has 1 saturated heterocycles. The Bertz CT molecular complexity index is 1450. The van der Waals surface area contributed by atoms with E-state index in [9.17, 15) is 14.4 Å². The molecule has 10 nitrogen and oxygen atoms in total. The average molecular weight is 836 g/mol. The van der Waals surface area contributed by atoms with E-state index in [-0.39, 0.29) is 43.6 Å². The smallest absolute Gasteiger partial charge is 0.461 e. The van der Waals surface area contributed by atoms with Crippen molar-refractivity contribution in [2.24, 2.45) is 29.1 Å². The van der Waals surface area contributed by atoms with Gasteiger partial charge < -0.3 is 33.3 Å². The molecule has 1 atom stereocenters. The van der Waals surface area contributed by atoms with Crippen LogP contribution in [0.3, 0.4) is 0 Å². The van der Waals surface area contributed by atoms with Gasteiger partial charge in [0.1, 0.15) is 19.8 Å². The number of esters is 2. The molecular weight excluding hydrogens is 759 g/mol. The van der Waals surface area contributed by atoms with Gasteiger partial charge in [-0.15, -0.1) is 0 Å². The van der Waals surface area contributed by atoms with Crippen LogP contribution in [-0.4, -0.2) is 68.7 Å². The molecule has 1 aromatic carbocycles. The van der Waals surface area contributed by atoms with Crippen molar-refractivity contribution in [3.8, 4) is 0 Å². The number of hydrogen-bond donors (Lipinski definition) is 0. The summed E-state index contributed by atoms with van der Waals surface area (Å²) in [6, 6.07) is 5.65. The third-order valence-corrected chi connectivity index (χ3v) is 13.0. The number of piperidine rings is 1. The summed E-state index contributed by atoms with van der Waals surface area (Å²) in [5.74, 6) is 2.10. The van der Waals surface area contributed by atoms with Crippen molar-refractivity contribution in [1.29, 1.82) is 0 Å². The monoisotopic (exact) mass is 836 g/mol. The molecule has 5 aliphatic rings. The Labute approximate surface area is 361 Å². The van der Waals surface area contributed by atoms with E-state index in [1.807, 2.05) is 18.2 Å². The molecule has 0 amide bonds. The summed E-state index contributed by atoms with van der Waals surface area (Å²) in [4.78, 5) is 41.5. The van der Waals surface area contributed by atoms with Gasteiger partial charge in [0.05, 0.1) is 19.4 Å². The number of ether oxygens (including phenoxy) is 6. The lowest BCUT2D eigenvalue weighted by Crippen LogP contribution is -2.47. The van der Waals surface area contributed by atoms with Crippen molar-refractivity contribution in [2.75, 3.05) is 39.5 Å². The van der Waals surface area contributed by atoms with Gasteiger partial charge in [-0.2, -0.15) is 0 Å². The quantitative estimate of drug-likeness (QED) is 0.0266. The van der Waals surface area contributed by atoms with E-state index in [1.54, 1.807) is 0 Å². The van der Waals surface area contributed by atoms with Crippen molar-refractivity contribution in [2.45, 2.75) is 169 Å². The van der Waals surface area contributed by atoms with Crippen molar-refractivity contribution in [1.82, 2.24) is 4.90 Å².